The summed E-state index contributed by atoms with van der Waals surface area (Å²) in [6.45, 7) is 1.90. The molecule has 2 heterocycles. The zero-order valence-corrected chi connectivity index (χ0v) is 12.7. The van der Waals surface area contributed by atoms with Crippen LogP contribution in [0.2, 0.25) is 0 Å². The standard InChI is InChI=1S/C17H15N3O3/c1-9-4-3-5-11-14(9)19-17(20-15(11)21)12-7-6-10(23-2)8-13(12)18-16(17)22/h3-8,19H,1-2H3,(H,18,22)(H,20,21)/t17-/m1/s1. The fourth-order valence-corrected chi connectivity index (χ4v) is 3.15. The van der Waals surface area contributed by atoms with Crippen LogP contribution in [-0.4, -0.2) is 18.9 Å². The van der Waals surface area contributed by atoms with Crippen molar-refractivity contribution in [2.45, 2.75) is 12.6 Å². The molecule has 2 aromatic rings. The van der Waals surface area contributed by atoms with Gasteiger partial charge in [0.25, 0.3) is 11.8 Å². The highest BCUT2D eigenvalue weighted by molar-refractivity contribution is 6.14. The van der Waals surface area contributed by atoms with Gasteiger partial charge >= 0.3 is 0 Å². The van der Waals surface area contributed by atoms with Gasteiger partial charge in [-0.25, -0.2) is 0 Å². The highest BCUT2D eigenvalue weighted by Crippen LogP contribution is 2.42. The second-order valence-electron chi connectivity index (χ2n) is 5.69. The highest BCUT2D eigenvalue weighted by Gasteiger charge is 2.51. The average molecular weight is 309 g/mol. The molecule has 3 N–H and O–H groups in total. The van der Waals surface area contributed by atoms with Gasteiger partial charge in [-0.15, -0.1) is 0 Å². The molecular weight excluding hydrogens is 294 g/mol. The van der Waals surface area contributed by atoms with Gasteiger partial charge in [-0.2, -0.15) is 0 Å². The number of anilines is 2. The monoisotopic (exact) mass is 309 g/mol. The van der Waals surface area contributed by atoms with E-state index in [1.54, 1.807) is 31.4 Å². The summed E-state index contributed by atoms with van der Waals surface area (Å²) in [6, 6.07) is 10.7. The van der Waals surface area contributed by atoms with Crippen molar-refractivity contribution in [2.24, 2.45) is 0 Å². The number of hydrogen-bond acceptors (Lipinski definition) is 4. The molecule has 0 bridgehead atoms. The Bertz CT molecular complexity index is 862. The summed E-state index contributed by atoms with van der Waals surface area (Å²) in [4.78, 5) is 25.2. The molecule has 0 saturated heterocycles. The number of nitrogens with one attached hydrogen (secondary N) is 3. The number of methoxy groups -OCH3 is 1. The van der Waals surface area contributed by atoms with Crippen LogP contribution in [0.15, 0.2) is 36.4 Å². The van der Waals surface area contributed by atoms with Crippen molar-refractivity contribution in [3.05, 3.63) is 53.1 Å². The van der Waals surface area contributed by atoms with Gasteiger partial charge in [0, 0.05) is 11.6 Å². The molecule has 116 valence electrons. The molecule has 4 rings (SSSR count). The molecule has 0 unspecified atom stereocenters. The Hall–Kier alpha value is -3.02. The molecule has 6 heteroatoms. The number of amides is 2. The fraction of sp³-hybridized carbons (Fsp3) is 0.176. The number of para-hydroxylation sites is 1. The number of carbonyl (C=O) groups is 2. The third kappa shape index (κ3) is 1.75. The molecule has 1 atom stereocenters. The predicted octanol–water partition coefficient (Wildman–Crippen LogP) is 1.96. The minimum Gasteiger partial charge on any atom is -0.497 e. The molecule has 2 aliphatic rings. The van der Waals surface area contributed by atoms with Crippen molar-refractivity contribution < 1.29 is 14.3 Å². The van der Waals surface area contributed by atoms with Crippen LogP contribution in [0.25, 0.3) is 0 Å². The third-order valence-corrected chi connectivity index (χ3v) is 4.35. The Balaban J connectivity index is 1.89. The van der Waals surface area contributed by atoms with Crippen LogP contribution in [0.5, 0.6) is 5.75 Å². The van der Waals surface area contributed by atoms with Crippen molar-refractivity contribution in [1.29, 1.82) is 0 Å². The van der Waals surface area contributed by atoms with E-state index < -0.39 is 5.66 Å². The lowest BCUT2D eigenvalue weighted by molar-refractivity contribution is -0.120. The van der Waals surface area contributed by atoms with Crippen LogP contribution in [0.4, 0.5) is 11.4 Å². The third-order valence-electron chi connectivity index (χ3n) is 4.35. The number of aryl methyl sites for hydroxylation is 1. The lowest BCUT2D eigenvalue weighted by Gasteiger charge is -2.36. The second-order valence-corrected chi connectivity index (χ2v) is 5.69. The smallest absolute Gasteiger partial charge is 0.275 e. The van der Waals surface area contributed by atoms with Crippen molar-refractivity contribution in [1.82, 2.24) is 5.32 Å². The molecule has 2 amide bonds. The quantitative estimate of drug-likeness (QED) is 0.752. The Morgan fingerprint density at radius 2 is 1.91 bits per heavy atom. The zero-order valence-electron chi connectivity index (χ0n) is 12.7. The van der Waals surface area contributed by atoms with E-state index in [0.29, 0.717) is 28.3 Å². The molecule has 0 radical (unpaired) electrons. The summed E-state index contributed by atoms with van der Waals surface area (Å²) in [5.41, 5.74) is 2.12. The Labute approximate surface area is 132 Å². The van der Waals surface area contributed by atoms with E-state index in [0.717, 1.165) is 5.56 Å². The maximum Gasteiger partial charge on any atom is 0.275 e. The lowest BCUT2D eigenvalue weighted by Crippen LogP contribution is -2.59. The van der Waals surface area contributed by atoms with E-state index in [2.05, 4.69) is 16.0 Å². The summed E-state index contributed by atoms with van der Waals surface area (Å²) in [7, 11) is 1.56. The van der Waals surface area contributed by atoms with Crippen molar-refractivity contribution >= 4 is 23.2 Å². The number of hydrogen-bond donors (Lipinski definition) is 3. The van der Waals surface area contributed by atoms with Gasteiger partial charge in [0.1, 0.15) is 5.75 Å². The molecule has 0 aromatic heterocycles. The molecule has 2 aliphatic heterocycles. The van der Waals surface area contributed by atoms with Crippen LogP contribution in [0.1, 0.15) is 21.5 Å². The molecule has 2 aromatic carbocycles. The van der Waals surface area contributed by atoms with Crippen LogP contribution in [0, 0.1) is 6.92 Å². The van der Waals surface area contributed by atoms with Gasteiger partial charge in [0.2, 0.25) is 5.66 Å². The Morgan fingerprint density at radius 3 is 2.70 bits per heavy atom. The Kier molecular flexibility index (Phi) is 2.66. The number of ether oxygens (including phenoxy) is 1. The topological polar surface area (TPSA) is 79.5 Å². The number of fused-ring (bicyclic) bond motifs is 3. The first kappa shape index (κ1) is 13.6. The summed E-state index contributed by atoms with van der Waals surface area (Å²) in [5.74, 6) is 0.0455. The number of benzene rings is 2. The maximum absolute atomic E-state index is 12.6. The van der Waals surface area contributed by atoms with Crippen molar-refractivity contribution in [2.75, 3.05) is 17.7 Å². The maximum atomic E-state index is 12.6. The first-order chi connectivity index (χ1) is 11.0. The summed E-state index contributed by atoms with van der Waals surface area (Å²) < 4.78 is 5.19. The van der Waals surface area contributed by atoms with Gasteiger partial charge in [-0.05, 0) is 30.7 Å². The summed E-state index contributed by atoms with van der Waals surface area (Å²) >= 11 is 0. The molecule has 0 aliphatic carbocycles. The van der Waals surface area contributed by atoms with Gasteiger partial charge in [0.15, 0.2) is 0 Å². The normalized spacial score (nSPS) is 21.1. The van der Waals surface area contributed by atoms with Crippen LogP contribution in [-0.2, 0) is 10.5 Å². The molecular formula is C17H15N3O3. The minimum atomic E-state index is -1.29. The van der Waals surface area contributed by atoms with E-state index in [9.17, 15) is 9.59 Å². The molecule has 1 spiro atoms. The van der Waals surface area contributed by atoms with Crippen molar-refractivity contribution in [3.63, 3.8) is 0 Å². The van der Waals surface area contributed by atoms with Gasteiger partial charge in [-0.3, -0.25) is 9.59 Å². The largest absolute Gasteiger partial charge is 0.497 e. The highest BCUT2D eigenvalue weighted by atomic mass is 16.5. The molecule has 0 fully saturated rings. The van der Waals surface area contributed by atoms with Gasteiger partial charge in [0.05, 0.1) is 24.0 Å². The first-order valence-corrected chi connectivity index (χ1v) is 7.25. The van der Waals surface area contributed by atoms with Crippen molar-refractivity contribution in [3.8, 4) is 5.75 Å². The summed E-state index contributed by atoms with van der Waals surface area (Å²) in [6.07, 6.45) is 0. The molecule has 6 nitrogen and oxygen atoms in total. The summed E-state index contributed by atoms with van der Waals surface area (Å²) in [5, 5.41) is 8.85. The zero-order chi connectivity index (χ0) is 16.2. The fourth-order valence-electron chi connectivity index (χ4n) is 3.15. The minimum absolute atomic E-state index is 0.277. The number of rotatable bonds is 1. The van der Waals surface area contributed by atoms with E-state index in [4.69, 9.17) is 4.74 Å². The molecule has 0 saturated carbocycles. The predicted molar refractivity (Wildman–Crippen MR) is 85.6 cm³/mol. The number of carbonyl (C=O) groups excluding carboxylic acids is 2. The van der Waals surface area contributed by atoms with Crippen LogP contribution < -0.4 is 20.7 Å². The van der Waals surface area contributed by atoms with E-state index in [1.807, 2.05) is 19.1 Å². The lowest BCUT2D eigenvalue weighted by atomic mass is 9.94. The van der Waals surface area contributed by atoms with E-state index >= 15 is 0 Å². The van der Waals surface area contributed by atoms with Gasteiger partial charge in [-0.1, -0.05) is 12.1 Å². The Morgan fingerprint density at radius 1 is 1.09 bits per heavy atom. The van der Waals surface area contributed by atoms with E-state index in [1.165, 1.54) is 0 Å². The van der Waals surface area contributed by atoms with Crippen LogP contribution in [0.3, 0.4) is 0 Å². The second kappa shape index (κ2) is 4.49. The SMILES string of the molecule is COc1ccc2c(c1)NC(=O)[C@]21NC(=O)c2cccc(C)c2N1. The first-order valence-electron chi connectivity index (χ1n) is 7.25. The average Bonchev–Trinajstić information content (AvgIpc) is 2.80. The molecule has 23 heavy (non-hydrogen) atoms. The van der Waals surface area contributed by atoms with E-state index in [-0.39, 0.29) is 11.8 Å². The van der Waals surface area contributed by atoms with Crippen LogP contribution >= 0.6 is 0 Å². The van der Waals surface area contributed by atoms with Gasteiger partial charge < -0.3 is 20.7 Å².